The molecule has 0 unspecified atom stereocenters. The van der Waals surface area contributed by atoms with Crippen molar-refractivity contribution in [3.05, 3.63) is 29.0 Å². The Hall–Kier alpha value is -1.16. The molecular weight excluding hydrogens is 266 g/mol. The second kappa shape index (κ2) is 4.01. The molecule has 0 saturated heterocycles. The molecule has 1 fully saturated rings. The van der Waals surface area contributed by atoms with Gasteiger partial charge in [-0.1, -0.05) is 15.9 Å². The summed E-state index contributed by atoms with van der Waals surface area (Å²) in [5, 5.41) is 4.49. The lowest BCUT2D eigenvalue weighted by atomic mass is 10.2. The minimum atomic E-state index is 0.845. The Bertz CT molecular complexity index is 523. The molecule has 3 nitrogen and oxygen atoms in total. The van der Waals surface area contributed by atoms with Crippen LogP contribution in [0.2, 0.25) is 0 Å². The molecule has 2 aromatic rings. The molecule has 1 heterocycles. The third-order valence-electron chi connectivity index (χ3n) is 2.85. The number of hydrogen-bond donors (Lipinski definition) is 1. The van der Waals surface area contributed by atoms with E-state index >= 15 is 0 Å². The van der Waals surface area contributed by atoms with E-state index in [2.05, 4.69) is 37.3 Å². The molecule has 1 aromatic heterocycles. The first kappa shape index (κ1) is 10.0. The Kier molecular flexibility index (Phi) is 2.52. The molecule has 0 radical (unpaired) electrons. The summed E-state index contributed by atoms with van der Waals surface area (Å²) in [4.78, 5) is 8.56. The third kappa shape index (κ3) is 2.02. The average Bonchev–Trinajstić information content (AvgIpc) is 3.10. The van der Waals surface area contributed by atoms with E-state index < -0.39 is 0 Å². The van der Waals surface area contributed by atoms with Crippen LogP contribution in [0.3, 0.4) is 0 Å². The van der Waals surface area contributed by atoms with Gasteiger partial charge in [-0.25, -0.2) is 9.97 Å². The lowest BCUT2D eigenvalue weighted by Crippen LogP contribution is -2.05. The van der Waals surface area contributed by atoms with Crippen LogP contribution in [-0.4, -0.2) is 16.5 Å². The lowest BCUT2D eigenvalue weighted by Gasteiger charge is -2.07. The summed E-state index contributed by atoms with van der Waals surface area (Å²) in [6.45, 7) is 1.03. The molecule has 0 spiro atoms. The van der Waals surface area contributed by atoms with Crippen LogP contribution in [0.25, 0.3) is 10.9 Å². The Labute approximate surface area is 102 Å². The number of hydrogen-bond acceptors (Lipinski definition) is 3. The van der Waals surface area contributed by atoms with E-state index in [0.717, 1.165) is 33.7 Å². The van der Waals surface area contributed by atoms with Crippen molar-refractivity contribution in [1.82, 2.24) is 9.97 Å². The first-order chi connectivity index (χ1) is 7.83. The quantitative estimate of drug-likeness (QED) is 0.936. The van der Waals surface area contributed by atoms with Crippen molar-refractivity contribution in [2.45, 2.75) is 12.8 Å². The minimum Gasteiger partial charge on any atom is -0.369 e. The Morgan fingerprint density at radius 1 is 1.31 bits per heavy atom. The van der Waals surface area contributed by atoms with E-state index in [1.54, 1.807) is 6.33 Å². The number of nitrogens with one attached hydrogen (secondary N) is 1. The summed E-state index contributed by atoms with van der Waals surface area (Å²) in [7, 11) is 0. The maximum atomic E-state index is 4.30. The van der Waals surface area contributed by atoms with Crippen LogP contribution in [0.15, 0.2) is 29.0 Å². The van der Waals surface area contributed by atoms with E-state index in [4.69, 9.17) is 0 Å². The van der Waals surface area contributed by atoms with Crippen LogP contribution in [0, 0.1) is 5.92 Å². The zero-order chi connectivity index (χ0) is 11.0. The Morgan fingerprint density at radius 3 is 3.00 bits per heavy atom. The van der Waals surface area contributed by atoms with Crippen LogP contribution >= 0.6 is 15.9 Å². The van der Waals surface area contributed by atoms with Crippen molar-refractivity contribution in [3.8, 4) is 0 Å². The highest BCUT2D eigenvalue weighted by atomic mass is 79.9. The van der Waals surface area contributed by atoms with Crippen LogP contribution in [0.1, 0.15) is 12.8 Å². The summed E-state index contributed by atoms with van der Waals surface area (Å²) >= 11 is 3.48. The normalized spacial score (nSPS) is 15.3. The standard InChI is InChI=1S/C12H12BrN3/c13-9-3-4-11-10(5-9)12(16-7-15-11)14-6-8-1-2-8/h3-5,7-8H,1-2,6H2,(H,14,15,16). The van der Waals surface area contributed by atoms with Crippen molar-refractivity contribution in [2.24, 2.45) is 5.92 Å². The maximum Gasteiger partial charge on any atom is 0.137 e. The largest absolute Gasteiger partial charge is 0.369 e. The summed E-state index contributed by atoms with van der Waals surface area (Å²) in [6.07, 6.45) is 4.31. The molecule has 82 valence electrons. The molecule has 1 aliphatic carbocycles. The molecule has 1 N–H and O–H groups in total. The van der Waals surface area contributed by atoms with Crippen molar-refractivity contribution in [3.63, 3.8) is 0 Å². The molecule has 0 aliphatic heterocycles. The highest BCUT2D eigenvalue weighted by Crippen LogP contribution is 2.30. The fourth-order valence-electron chi connectivity index (χ4n) is 1.73. The van der Waals surface area contributed by atoms with Gasteiger partial charge in [0.05, 0.1) is 5.52 Å². The lowest BCUT2D eigenvalue weighted by molar-refractivity contribution is 0.883. The SMILES string of the molecule is Brc1ccc2ncnc(NCC3CC3)c2c1. The highest BCUT2D eigenvalue weighted by Gasteiger charge is 2.21. The van der Waals surface area contributed by atoms with Gasteiger partial charge >= 0.3 is 0 Å². The first-order valence-electron chi connectivity index (χ1n) is 5.47. The van der Waals surface area contributed by atoms with E-state index in [1.807, 2.05) is 12.1 Å². The summed E-state index contributed by atoms with van der Waals surface area (Å²) < 4.78 is 1.06. The van der Waals surface area contributed by atoms with E-state index in [1.165, 1.54) is 12.8 Å². The molecular formula is C12H12BrN3. The van der Waals surface area contributed by atoms with Gasteiger partial charge in [0.1, 0.15) is 12.1 Å². The molecule has 0 atom stereocenters. The topological polar surface area (TPSA) is 37.8 Å². The zero-order valence-electron chi connectivity index (χ0n) is 8.78. The molecule has 4 heteroatoms. The van der Waals surface area contributed by atoms with Crippen LogP contribution in [0.5, 0.6) is 0 Å². The van der Waals surface area contributed by atoms with Gasteiger partial charge < -0.3 is 5.32 Å². The van der Waals surface area contributed by atoms with Crippen LogP contribution in [0.4, 0.5) is 5.82 Å². The van der Waals surface area contributed by atoms with E-state index in [9.17, 15) is 0 Å². The number of aromatic nitrogens is 2. The summed E-state index contributed by atoms with van der Waals surface area (Å²) in [6, 6.07) is 6.06. The second-order valence-electron chi connectivity index (χ2n) is 4.21. The predicted octanol–water partition coefficient (Wildman–Crippen LogP) is 3.21. The molecule has 1 saturated carbocycles. The zero-order valence-corrected chi connectivity index (χ0v) is 10.4. The van der Waals surface area contributed by atoms with Gasteiger partial charge in [0.25, 0.3) is 0 Å². The second-order valence-corrected chi connectivity index (χ2v) is 5.12. The first-order valence-corrected chi connectivity index (χ1v) is 6.26. The number of nitrogens with zero attached hydrogens (tertiary/aromatic N) is 2. The van der Waals surface area contributed by atoms with Gasteiger partial charge in [0, 0.05) is 16.4 Å². The predicted molar refractivity (Wildman–Crippen MR) is 68.5 cm³/mol. The van der Waals surface area contributed by atoms with Gasteiger partial charge in [0.15, 0.2) is 0 Å². The maximum absolute atomic E-state index is 4.30. The van der Waals surface area contributed by atoms with Crippen molar-refractivity contribution < 1.29 is 0 Å². The third-order valence-corrected chi connectivity index (χ3v) is 3.35. The number of fused-ring (bicyclic) bond motifs is 1. The van der Waals surface area contributed by atoms with Crippen molar-refractivity contribution >= 4 is 32.7 Å². The van der Waals surface area contributed by atoms with Gasteiger partial charge in [-0.15, -0.1) is 0 Å². The monoisotopic (exact) mass is 277 g/mol. The molecule has 1 aliphatic rings. The fraction of sp³-hybridized carbons (Fsp3) is 0.333. The summed E-state index contributed by atoms with van der Waals surface area (Å²) in [5.41, 5.74) is 0.983. The fourth-order valence-corrected chi connectivity index (χ4v) is 2.09. The van der Waals surface area contributed by atoms with Crippen LogP contribution in [-0.2, 0) is 0 Å². The van der Waals surface area contributed by atoms with E-state index in [-0.39, 0.29) is 0 Å². The van der Waals surface area contributed by atoms with Gasteiger partial charge in [0.2, 0.25) is 0 Å². The smallest absolute Gasteiger partial charge is 0.137 e. The summed E-state index contributed by atoms with van der Waals surface area (Å²) in [5.74, 6) is 1.79. The molecule has 0 amide bonds. The highest BCUT2D eigenvalue weighted by molar-refractivity contribution is 9.10. The van der Waals surface area contributed by atoms with Crippen molar-refractivity contribution in [2.75, 3.05) is 11.9 Å². The molecule has 0 bridgehead atoms. The van der Waals surface area contributed by atoms with Crippen molar-refractivity contribution in [1.29, 1.82) is 0 Å². The average molecular weight is 278 g/mol. The van der Waals surface area contributed by atoms with Crippen LogP contribution < -0.4 is 5.32 Å². The Morgan fingerprint density at radius 2 is 2.19 bits per heavy atom. The molecule has 3 rings (SSSR count). The van der Waals surface area contributed by atoms with Gasteiger partial charge in [-0.05, 0) is 37.0 Å². The van der Waals surface area contributed by atoms with E-state index in [0.29, 0.717) is 0 Å². The minimum absolute atomic E-state index is 0.845. The van der Waals surface area contributed by atoms with Gasteiger partial charge in [-0.3, -0.25) is 0 Å². The Balaban J connectivity index is 1.97. The molecule has 16 heavy (non-hydrogen) atoms. The number of halogens is 1. The number of rotatable bonds is 3. The number of benzene rings is 1. The number of anilines is 1. The van der Waals surface area contributed by atoms with Gasteiger partial charge in [-0.2, -0.15) is 0 Å². The molecule has 1 aromatic carbocycles.